The van der Waals surface area contributed by atoms with E-state index in [1.54, 1.807) is 0 Å². The van der Waals surface area contributed by atoms with Gasteiger partial charge < -0.3 is 19.3 Å². The average Bonchev–Trinajstić information content (AvgIpc) is 3.08. The Kier molecular flexibility index (Phi) is 35.3. The van der Waals surface area contributed by atoms with Crippen molar-refractivity contribution in [1.29, 1.82) is 0 Å². The topological polar surface area (TPSA) is 119 Å². The number of carbonyl (C=O) groups is 2. The van der Waals surface area contributed by atoms with Gasteiger partial charge in [-0.05, 0) is 51.4 Å². The molecular weight excluding hydrogens is 651 g/mol. The Labute approximate surface area is 305 Å². The molecule has 8 nitrogen and oxygen atoms in total. The number of hydrogen-bond acceptors (Lipinski definition) is 6. The molecule has 0 aromatic rings. The second kappa shape index (κ2) is 36.8. The lowest BCUT2D eigenvalue weighted by atomic mass is 10.0. The third-order valence-electron chi connectivity index (χ3n) is 8.35. The fourth-order valence-corrected chi connectivity index (χ4v) is 5.73. The lowest BCUT2D eigenvalue weighted by Gasteiger charge is -2.18. The number of phosphoric ester groups is 1. The van der Waals surface area contributed by atoms with Crippen LogP contribution in [0.15, 0.2) is 48.6 Å². The van der Waals surface area contributed by atoms with E-state index in [2.05, 4.69) is 60.9 Å². The molecule has 0 bridgehead atoms. The van der Waals surface area contributed by atoms with Gasteiger partial charge in [0.1, 0.15) is 6.61 Å². The van der Waals surface area contributed by atoms with Crippen molar-refractivity contribution in [1.82, 2.24) is 0 Å². The van der Waals surface area contributed by atoms with Gasteiger partial charge in [-0.25, -0.2) is 4.57 Å². The van der Waals surface area contributed by atoms with E-state index in [1.165, 1.54) is 103 Å². The zero-order chi connectivity index (χ0) is 36.8. The van der Waals surface area contributed by atoms with Gasteiger partial charge in [0.2, 0.25) is 0 Å². The number of ether oxygens (including phenoxy) is 2. The fraction of sp³-hybridized carbons (Fsp3) is 0.756. The smallest absolute Gasteiger partial charge is 0.462 e. The summed E-state index contributed by atoms with van der Waals surface area (Å²) in [5.74, 6) is -0.948. The Balaban J connectivity index is 4.04. The highest BCUT2D eigenvalue weighted by atomic mass is 31.2. The number of unbranched alkanes of at least 4 members (excludes halogenated alkanes) is 18. The highest BCUT2D eigenvalue weighted by Gasteiger charge is 2.22. The minimum absolute atomic E-state index is 0.136. The van der Waals surface area contributed by atoms with Gasteiger partial charge in [-0.2, -0.15) is 0 Å². The van der Waals surface area contributed by atoms with Crippen molar-refractivity contribution in [3.8, 4) is 0 Å². The molecule has 1 atom stereocenters. The van der Waals surface area contributed by atoms with Crippen LogP contribution >= 0.6 is 7.82 Å². The molecule has 0 aliphatic heterocycles. The van der Waals surface area contributed by atoms with Gasteiger partial charge in [-0.1, -0.05) is 165 Å². The maximum atomic E-state index is 12.4. The molecule has 0 saturated carbocycles. The summed E-state index contributed by atoms with van der Waals surface area (Å²) >= 11 is 0. The summed E-state index contributed by atoms with van der Waals surface area (Å²) in [5, 5.41) is 0. The quantitative estimate of drug-likeness (QED) is 0.0284. The molecular formula is C41H73O8P. The monoisotopic (exact) mass is 725 g/mol. The maximum Gasteiger partial charge on any atom is 0.469 e. The number of rotatable bonds is 36. The highest BCUT2D eigenvalue weighted by Crippen LogP contribution is 2.36. The van der Waals surface area contributed by atoms with Crippen LogP contribution in [-0.2, 0) is 28.2 Å². The Hall–Kier alpha value is -1.99. The Bertz CT molecular complexity index is 952. The Morgan fingerprint density at radius 2 is 0.920 bits per heavy atom. The third-order valence-corrected chi connectivity index (χ3v) is 8.84. The molecule has 0 aromatic carbocycles. The predicted octanol–water partition coefficient (Wildman–Crippen LogP) is 12.0. The number of carbonyl (C=O) groups excluding carboxylic acids is 2. The molecule has 0 heterocycles. The van der Waals surface area contributed by atoms with Gasteiger partial charge in [-0.3, -0.25) is 14.1 Å². The maximum absolute atomic E-state index is 12.4. The molecule has 0 saturated heterocycles. The van der Waals surface area contributed by atoms with E-state index < -0.39 is 32.5 Å². The summed E-state index contributed by atoms with van der Waals surface area (Å²) in [7, 11) is -4.77. The van der Waals surface area contributed by atoms with Gasteiger partial charge in [-0.15, -0.1) is 0 Å². The summed E-state index contributed by atoms with van der Waals surface area (Å²) in [6.45, 7) is 3.61. The van der Waals surface area contributed by atoms with Crippen molar-refractivity contribution in [2.45, 2.75) is 187 Å². The molecule has 2 N–H and O–H groups in total. The lowest BCUT2D eigenvalue weighted by Crippen LogP contribution is -2.29. The molecule has 0 aliphatic carbocycles. The Morgan fingerprint density at radius 1 is 0.520 bits per heavy atom. The molecule has 0 fully saturated rings. The first-order chi connectivity index (χ1) is 24.3. The van der Waals surface area contributed by atoms with Gasteiger partial charge in [0, 0.05) is 12.8 Å². The minimum Gasteiger partial charge on any atom is -0.462 e. The van der Waals surface area contributed by atoms with Gasteiger partial charge in [0.15, 0.2) is 6.10 Å². The summed E-state index contributed by atoms with van der Waals surface area (Å²) < 4.78 is 26.3. The largest absolute Gasteiger partial charge is 0.469 e. The molecule has 50 heavy (non-hydrogen) atoms. The molecule has 0 aliphatic rings. The number of hydrogen-bond donors (Lipinski definition) is 2. The van der Waals surface area contributed by atoms with Crippen LogP contribution in [0, 0.1) is 0 Å². The van der Waals surface area contributed by atoms with Gasteiger partial charge in [0.05, 0.1) is 6.61 Å². The third kappa shape index (κ3) is 38.8. The van der Waals surface area contributed by atoms with E-state index in [4.69, 9.17) is 19.3 Å². The number of allylic oxidation sites excluding steroid dienone is 8. The van der Waals surface area contributed by atoms with E-state index in [0.29, 0.717) is 12.8 Å². The van der Waals surface area contributed by atoms with Crippen LogP contribution in [0.5, 0.6) is 0 Å². The van der Waals surface area contributed by atoms with Crippen LogP contribution in [0.25, 0.3) is 0 Å². The van der Waals surface area contributed by atoms with Crippen LogP contribution in [0.2, 0.25) is 0 Å². The summed E-state index contributed by atoms with van der Waals surface area (Å²) in [6, 6.07) is 0. The zero-order valence-electron chi connectivity index (χ0n) is 31.8. The summed E-state index contributed by atoms with van der Waals surface area (Å²) in [4.78, 5) is 42.7. The van der Waals surface area contributed by atoms with Crippen molar-refractivity contribution in [2.75, 3.05) is 13.2 Å². The second-order valence-electron chi connectivity index (χ2n) is 13.3. The molecule has 9 heteroatoms. The van der Waals surface area contributed by atoms with Crippen LogP contribution in [0.1, 0.15) is 181 Å². The minimum atomic E-state index is -4.77. The van der Waals surface area contributed by atoms with Crippen LogP contribution < -0.4 is 0 Å². The van der Waals surface area contributed by atoms with Crippen LogP contribution in [0.3, 0.4) is 0 Å². The first-order valence-corrected chi connectivity index (χ1v) is 21.5. The standard InChI is InChI=1S/C41H73O8P/c1-3-5-7-9-11-13-15-17-19-20-22-24-26-28-30-32-34-36-41(43)49-39(38-48-50(44,45)46)37-47-40(42)35-33-31-29-27-25-23-21-18-16-14-12-10-8-6-4-2/h11,13,17,19,22,24,28,30,39H,3-10,12,14-16,18,20-21,23,25-27,29,31-38H2,1-2H3,(H2,44,45,46)/b13-11-,19-17-,24-22-,30-28-. The van der Waals surface area contributed by atoms with E-state index >= 15 is 0 Å². The van der Waals surface area contributed by atoms with Crippen molar-refractivity contribution < 1.29 is 37.9 Å². The van der Waals surface area contributed by atoms with Crippen LogP contribution in [0.4, 0.5) is 0 Å². The van der Waals surface area contributed by atoms with Gasteiger partial charge >= 0.3 is 19.8 Å². The molecule has 290 valence electrons. The number of phosphoric acid groups is 1. The normalized spacial score (nSPS) is 13.0. The van der Waals surface area contributed by atoms with Crippen molar-refractivity contribution in [3.05, 3.63) is 48.6 Å². The molecule has 0 radical (unpaired) electrons. The lowest BCUT2D eigenvalue weighted by molar-refractivity contribution is -0.161. The number of esters is 2. The first-order valence-electron chi connectivity index (χ1n) is 19.9. The van der Waals surface area contributed by atoms with E-state index in [1.807, 2.05) is 6.08 Å². The Morgan fingerprint density at radius 3 is 1.40 bits per heavy atom. The molecule has 0 aromatic heterocycles. The van der Waals surface area contributed by atoms with Crippen molar-refractivity contribution in [2.24, 2.45) is 0 Å². The molecule has 0 spiro atoms. The van der Waals surface area contributed by atoms with Gasteiger partial charge in [0.25, 0.3) is 0 Å². The SMILES string of the molecule is CCCCC/C=C\C/C=C\C/C=C\C/C=C\CCCC(=O)OC(COC(=O)CCCCCCCCCCCCCCCCC)COP(=O)(O)O. The predicted molar refractivity (Wildman–Crippen MR) is 207 cm³/mol. The molecule has 0 rings (SSSR count). The van der Waals surface area contributed by atoms with Crippen molar-refractivity contribution >= 4 is 19.8 Å². The second-order valence-corrected chi connectivity index (χ2v) is 14.5. The first kappa shape index (κ1) is 48.0. The molecule has 0 amide bonds. The summed E-state index contributed by atoms with van der Waals surface area (Å²) in [6.07, 6.45) is 44.1. The average molecular weight is 725 g/mol. The zero-order valence-corrected chi connectivity index (χ0v) is 32.7. The summed E-state index contributed by atoms with van der Waals surface area (Å²) in [5.41, 5.74) is 0. The van der Waals surface area contributed by atoms with Crippen LogP contribution in [-0.4, -0.2) is 41.0 Å². The fourth-order valence-electron chi connectivity index (χ4n) is 5.37. The van der Waals surface area contributed by atoms with E-state index in [-0.39, 0.29) is 19.4 Å². The van der Waals surface area contributed by atoms with Crippen molar-refractivity contribution in [3.63, 3.8) is 0 Å². The molecule has 1 unspecified atom stereocenters. The van der Waals surface area contributed by atoms with E-state index in [0.717, 1.165) is 38.5 Å². The van der Waals surface area contributed by atoms with E-state index in [9.17, 15) is 14.2 Å². The highest BCUT2D eigenvalue weighted by molar-refractivity contribution is 7.46.